The molecule has 1 saturated carbocycles. The molecule has 0 N–H and O–H groups in total. The lowest BCUT2D eigenvalue weighted by Gasteiger charge is -2.40. The summed E-state index contributed by atoms with van der Waals surface area (Å²) in [6.07, 6.45) is 9.06. The number of hydrogen-bond acceptors (Lipinski definition) is 3. The molecule has 3 heterocycles. The number of piperidine rings is 1. The first-order valence-electron chi connectivity index (χ1n) is 10.7. The summed E-state index contributed by atoms with van der Waals surface area (Å²) in [5.41, 5.74) is 2.32. The maximum Gasteiger partial charge on any atom is 0.253 e. The average molecular weight is 367 g/mol. The van der Waals surface area contributed by atoms with E-state index in [-0.39, 0.29) is 16.9 Å². The Balaban J connectivity index is 1.25. The van der Waals surface area contributed by atoms with E-state index in [9.17, 15) is 4.79 Å². The second-order valence-corrected chi connectivity index (χ2v) is 9.35. The highest BCUT2D eigenvalue weighted by molar-refractivity contribution is 6.04. The van der Waals surface area contributed by atoms with Crippen LogP contribution in [0.15, 0.2) is 29.3 Å². The van der Waals surface area contributed by atoms with Gasteiger partial charge in [-0.15, -0.1) is 0 Å². The van der Waals surface area contributed by atoms with Crippen molar-refractivity contribution in [3.05, 3.63) is 35.4 Å². The van der Waals surface area contributed by atoms with Gasteiger partial charge in [-0.2, -0.15) is 4.99 Å². The summed E-state index contributed by atoms with van der Waals surface area (Å²) in [4.78, 5) is 19.6. The summed E-state index contributed by atoms with van der Waals surface area (Å²) in [6, 6.07) is 8.63. The van der Waals surface area contributed by atoms with Gasteiger partial charge in [0, 0.05) is 19.5 Å². The maximum absolute atomic E-state index is 12.7. The number of benzene rings is 1. The molecular formula is C23H30N2O2. The third kappa shape index (κ3) is 2.93. The van der Waals surface area contributed by atoms with Crippen molar-refractivity contribution >= 4 is 11.7 Å². The maximum atomic E-state index is 12.7. The van der Waals surface area contributed by atoms with Crippen LogP contribution < -0.4 is 0 Å². The lowest BCUT2D eigenvalue weighted by Crippen LogP contribution is -2.45. The minimum absolute atomic E-state index is 0.118. The Hall–Kier alpha value is -1.68. The zero-order chi connectivity index (χ0) is 18.5. The highest BCUT2D eigenvalue weighted by atomic mass is 16.5. The van der Waals surface area contributed by atoms with Crippen molar-refractivity contribution in [2.45, 2.75) is 70.5 Å². The summed E-state index contributed by atoms with van der Waals surface area (Å²) in [5.74, 6) is 1.87. The number of carbonyl (C=O) groups excluding carboxylic acids is 1. The van der Waals surface area contributed by atoms with Gasteiger partial charge < -0.3 is 9.64 Å². The van der Waals surface area contributed by atoms with Gasteiger partial charge in [0.05, 0.1) is 17.6 Å². The van der Waals surface area contributed by atoms with Crippen molar-refractivity contribution in [3.63, 3.8) is 0 Å². The quantitative estimate of drug-likeness (QED) is 0.778. The molecule has 1 atom stereocenters. The fraction of sp³-hybridized carbons (Fsp3) is 0.652. The Labute approximate surface area is 162 Å². The largest absolute Gasteiger partial charge is 0.365 e. The highest BCUT2D eigenvalue weighted by Crippen LogP contribution is 2.46. The molecular weight excluding hydrogens is 336 g/mol. The number of ether oxygens (including phenoxy) is 1. The Morgan fingerprint density at radius 2 is 1.93 bits per heavy atom. The molecule has 1 aromatic rings. The van der Waals surface area contributed by atoms with Gasteiger partial charge >= 0.3 is 0 Å². The first-order valence-corrected chi connectivity index (χ1v) is 10.7. The van der Waals surface area contributed by atoms with Crippen molar-refractivity contribution in [2.75, 3.05) is 13.1 Å². The predicted octanol–water partition coefficient (Wildman–Crippen LogP) is 4.42. The van der Waals surface area contributed by atoms with Gasteiger partial charge in [-0.05, 0) is 36.3 Å². The van der Waals surface area contributed by atoms with Crippen LogP contribution in [0.5, 0.6) is 0 Å². The van der Waals surface area contributed by atoms with Crippen molar-refractivity contribution in [1.29, 1.82) is 0 Å². The van der Waals surface area contributed by atoms with Crippen LogP contribution in [-0.4, -0.2) is 29.7 Å². The molecule has 0 aromatic heterocycles. The van der Waals surface area contributed by atoms with E-state index >= 15 is 0 Å². The molecule has 1 amide bonds. The smallest absolute Gasteiger partial charge is 0.253 e. The highest BCUT2D eigenvalue weighted by Gasteiger charge is 2.46. The predicted molar refractivity (Wildman–Crippen MR) is 105 cm³/mol. The lowest BCUT2D eigenvalue weighted by atomic mass is 9.78. The molecule has 1 unspecified atom stereocenters. The number of hydrogen-bond donors (Lipinski definition) is 0. The van der Waals surface area contributed by atoms with Gasteiger partial charge in [0.15, 0.2) is 0 Å². The molecule has 0 bridgehead atoms. The molecule has 4 heteroatoms. The Morgan fingerprint density at radius 3 is 2.70 bits per heavy atom. The van der Waals surface area contributed by atoms with Gasteiger partial charge in [0.1, 0.15) is 5.84 Å². The summed E-state index contributed by atoms with van der Waals surface area (Å²) in [5, 5.41) is 0. The number of amides is 1. The monoisotopic (exact) mass is 366 g/mol. The SMILES string of the molecule is CC1(CC2CCCC2)CC(N2CCC3(CC2)OCc2ccccc23)=NC1=O. The van der Waals surface area contributed by atoms with E-state index < -0.39 is 0 Å². The number of fused-ring (bicyclic) bond motifs is 2. The minimum Gasteiger partial charge on any atom is -0.365 e. The van der Waals surface area contributed by atoms with E-state index in [1.165, 1.54) is 36.8 Å². The Kier molecular flexibility index (Phi) is 4.15. The second-order valence-electron chi connectivity index (χ2n) is 9.35. The van der Waals surface area contributed by atoms with Crippen LogP contribution >= 0.6 is 0 Å². The molecule has 4 nitrogen and oxygen atoms in total. The van der Waals surface area contributed by atoms with Gasteiger partial charge in [0.25, 0.3) is 5.91 Å². The number of amidine groups is 1. The van der Waals surface area contributed by atoms with Gasteiger partial charge in [0.2, 0.25) is 0 Å². The molecule has 1 saturated heterocycles. The number of rotatable bonds is 2. The van der Waals surface area contributed by atoms with Crippen LogP contribution in [0.3, 0.4) is 0 Å². The third-order valence-corrected chi connectivity index (χ3v) is 7.46. The van der Waals surface area contributed by atoms with Crippen molar-refractivity contribution in [3.8, 4) is 0 Å². The van der Waals surface area contributed by atoms with E-state index in [1.54, 1.807) is 0 Å². The first-order chi connectivity index (χ1) is 13.1. The molecule has 2 fully saturated rings. The number of aliphatic imine (C=N–C) groups is 1. The minimum atomic E-state index is -0.268. The molecule has 1 aromatic carbocycles. The van der Waals surface area contributed by atoms with Crippen LogP contribution in [0.1, 0.15) is 69.4 Å². The molecule has 1 spiro atoms. The van der Waals surface area contributed by atoms with Gasteiger partial charge in [-0.25, -0.2) is 0 Å². The van der Waals surface area contributed by atoms with E-state index in [2.05, 4.69) is 41.1 Å². The molecule has 27 heavy (non-hydrogen) atoms. The van der Waals surface area contributed by atoms with Crippen molar-refractivity contribution in [1.82, 2.24) is 4.90 Å². The zero-order valence-corrected chi connectivity index (χ0v) is 16.4. The third-order valence-electron chi connectivity index (χ3n) is 7.46. The average Bonchev–Trinajstić information content (AvgIpc) is 3.37. The van der Waals surface area contributed by atoms with Crippen LogP contribution in [0.25, 0.3) is 0 Å². The topological polar surface area (TPSA) is 41.9 Å². The van der Waals surface area contributed by atoms with Crippen LogP contribution in [0.4, 0.5) is 0 Å². The summed E-state index contributed by atoms with van der Waals surface area (Å²) < 4.78 is 6.28. The molecule has 144 valence electrons. The molecule has 3 aliphatic heterocycles. The van der Waals surface area contributed by atoms with E-state index in [4.69, 9.17) is 4.74 Å². The van der Waals surface area contributed by atoms with Crippen LogP contribution in [-0.2, 0) is 21.7 Å². The summed E-state index contributed by atoms with van der Waals surface area (Å²) in [6.45, 7) is 4.74. The molecule has 5 rings (SSSR count). The normalized spacial score (nSPS) is 30.2. The Bertz CT molecular complexity index is 772. The van der Waals surface area contributed by atoms with E-state index in [1.807, 2.05) is 0 Å². The van der Waals surface area contributed by atoms with Crippen LogP contribution in [0.2, 0.25) is 0 Å². The standard InChI is InChI=1S/C23H30N2O2/c1-22(14-17-6-2-3-7-17)15-20(24-21(22)26)25-12-10-23(11-13-25)19-9-5-4-8-18(19)16-27-23/h4-5,8-9,17H,2-3,6-7,10-16H2,1H3. The summed E-state index contributed by atoms with van der Waals surface area (Å²) in [7, 11) is 0. The van der Waals surface area contributed by atoms with Gasteiger partial charge in [-0.3, -0.25) is 4.79 Å². The first kappa shape index (κ1) is 17.4. The summed E-state index contributed by atoms with van der Waals surface area (Å²) >= 11 is 0. The Morgan fingerprint density at radius 1 is 1.19 bits per heavy atom. The molecule has 1 aliphatic carbocycles. The van der Waals surface area contributed by atoms with Gasteiger partial charge in [-0.1, -0.05) is 56.9 Å². The lowest BCUT2D eigenvalue weighted by molar-refractivity contribution is -0.126. The van der Waals surface area contributed by atoms with Crippen LogP contribution in [0, 0.1) is 11.3 Å². The second kappa shape index (κ2) is 6.44. The number of carbonyl (C=O) groups is 1. The fourth-order valence-electron chi connectivity index (χ4n) is 5.83. The van der Waals surface area contributed by atoms with Crippen molar-refractivity contribution in [2.24, 2.45) is 16.3 Å². The molecule has 4 aliphatic rings. The molecule has 0 radical (unpaired) electrons. The van der Waals surface area contributed by atoms with E-state index in [0.717, 1.165) is 57.1 Å². The fourth-order valence-corrected chi connectivity index (χ4v) is 5.83. The van der Waals surface area contributed by atoms with E-state index in [0.29, 0.717) is 0 Å². The number of likely N-dealkylation sites (tertiary alicyclic amines) is 1. The zero-order valence-electron chi connectivity index (χ0n) is 16.4. The van der Waals surface area contributed by atoms with Crippen molar-refractivity contribution < 1.29 is 9.53 Å². The number of nitrogens with zero attached hydrogens (tertiary/aromatic N) is 2.